The van der Waals surface area contributed by atoms with E-state index in [2.05, 4.69) is 106 Å². The summed E-state index contributed by atoms with van der Waals surface area (Å²) in [6.07, 6.45) is 14.8. The molecule has 55 heavy (non-hydrogen) atoms. The largest absolute Gasteiger partial charge is 0.344 e. The molecule has 0 bridgehead atoms. The Hall–Kier alpha value is -4.62. The van der Waals surface area contributed by atoms with E-state index in [-0.39, 0.29) is 10.3 Å². The predicted molar refractivity (Wildman–Crippen MR) is 217 cm³/mol. The van der Waals surface area contributed by atoms with Crippen LogP contribution in [-0.4, -0.2) is 70.7 Å². The number of allylic oxidation sites excluding steroid dienone is 4. The Morgan fingerprint density at radius 1 is 1.00 bits per heavy atom. The van der Waals surface area contributed by atoms with Crippen molar-refractivity contribution >= 4 is 33.0 Å². The van der Waals surface area contributed by atoms with Gasteiger partial charge in [-0.15, -0.1) is 5.10 Å². The maximum Gasteiger partial charge on any atom is 0.294 e. The zero-order chi connectivity index (χ0) is 39.8. The number of hydrogen-bond acceptors (Lipinski definition) is 8. The molecule has 0 unspecified atom stereocenters. The highest BCUT2D eigenvalue weighted by Crippen LogP contribution is 2.48. The van der Waals surface area contributed by atoms with Gasteiger partial charge in [-0.25, -0.2) is 0 Å². The summed E-state index contributed by atoms with van der Waals surface area (Å²) in [7, 11) is -2.33. The van der Waals surface area contributed by atoms with Gasteiger partial charge < -0.3 is 10.2 Å². The zero-order valence-corrected chi connectivity index (χ0v) is 33.9. The van der Waals surface area contributed by atoms with Crippen LogP contribution in [0.1, 0.15) is 101 Å². The molecule has 0 spiro atoms. The van der Waals surface area contributed by atoms with E-state index in [4.69, 9.17) is 5.53 Å². The molecule has 1 aromatic heterocycles. The third-order valence-electron chi connectivity index (χ3n) is 10.9. The minimum Gasteiger partial charge on any atom is -0.344 e. The van der Waals surface area contributed by atoms with Gasteiger partial charge in [-0.05, 0) is 94.8 Å². The smallest absolute Gasteiger partial charge is 0.294 e. The molecule has 13 nitrogen and oxygen atoms in total. The number of unbranched alkanes of at least 4 members (excludes halogenated alkanes) is 3. The molecule has 2 N–H and O–H groups in total. The first-order chi connectivity index (χ1) is 26.1. The Labute approximate surface area is 325 Å². The number of Topliss-reactive ketones (excluding diaryl/α,β-unsaturated/α-hetero) is 1. The Balaban J connectivity index is 1.12. The first-order valence-electron chi connectivity index (χ1n) is 19.3. The number of nitrogens with zero attached hydrogens (tertiary/aromatic N) is 8. The second kappa shape index (κ2) is 17.9. The fraction of sp³-hybridized carbons (Fsp3) is 0.512. The fourth-order valence-corrected chi connectivity index (χ4v) is 8.30. The quantitative estimate of drug-likeness (QED) is 0.0292. The number of rotatable bonds is 20. The minimum absolute atomic E-state index is 0.0997. The van der Waals surface area contributed by atoms with Crippen LogP contribution in [0.25, 0.3) is 10.4 Å². The van der Waals surface area contributed by atoms with Crippen LogP contribution in [0.5, 0.6) is 0 Å². The van der Waals surface area contributed by atoms with Gasteiger partial charge in [0.25, 0.3) is 10.1 Å². The van der Waals surface area contributed by atoms with Crippen LogP contribution in [-0.2, 0) is 38.8 Å². The van der Waals surface area contributed by atoms with Crippen LogP contribution >= 0.6 is 0 Å². The van der Waals surface area contributed by atoms with E-state index in [0.29, 0.717) is 31.7 Å². The molecule has 2 aliphatic rings. The third-order valence-corrected chi connectivity index (χ3v) is 11.7. The maximum absolute atomic E-state index is 12.7. The first-order valence-corrected chi connectivity index (χ1v) is 20.7. The second-order valence-electron chi connectivity index (χ2n) is 15.7. The van der Waals surface area contributed by atoms with E-state index in [1.54, 1.807) is 12.1 Å². The van der Waals surface area contributed by atoms with Crippen LogP contribution in [0.3, 0.4) is 0 Å². The van der Waals surface area contributed by atoms with Crippen molar-refractivity contribution in [1.29, 1.82) is 0 Å². The van der Waals surface area contributed by atoms with Gasteiger partial charge in [-0.1, -0.05) is 54.4 Å². The van der Waals surface area contributed by atoms with Crippen LogP contribution in [0.4, 0.5) is 11.4 Å². The summed E-state index contributed by atoms with van der Waals surface area (Å²) >= 11 is 0. The summed E-state index contributed by atoms with van der Waals surface area (Å²) < 4.78 is 37.4. The average Bonchev–Trinajstić information content (AvgIpc) is 3.73. The number of anilines is 1. The molecule has 14 heteroatoms. The molecule has 2 aliphatic heterocycles. The minimum atomic E-state index is -4.31. The lowest BCUT2D eigenvalue weighted by atomic mass is 9.81. The van der Waals surface area contributed by atoms with Gasteiger partial charge in [0.15, 0.2) is 5.71 Å². The number of aryl methyl sites for hydroxylation is 2. The summed E-state index contributed by atoms with van der Waals surface area (Å²) in [5.41, 5.74) is 16.3. The molecule has 0 aliphatic carbocycles. The van der Waals surface area contributed by atoms with Gasteiger partial charge >= 0.3 is 0 Å². The van der Waals surface area contributed by atoms with Crippen molar-refractivity contribution in [2.45, 2.75) is 115 Å². The summed E-state index contributed by atoms with van der Waals surface area (Å²) in [5, 5.41) is 15.2. The van der Waals surface area contributed by atoms with Crippen molar-refractivity contribution in [1.82, 2.24) is 20.3 Å². The number of ketones is 1. The molecule has 0 radical (unpaired) electrons. The summed E-state index contributed by atoms with van der Waals surface area (Å²) in [5.74, 6) is 0.312. The molecule has 0 amide bonds. The molecular weight excluding hydrogens is 715 g/mol. The van der Waals surface area contributed by atoms with Crippen LogP contribution in [0.15, 0.2) is 76.5 Å². The highest BCUT2D eigenvalue weighted by molar-refractivity contribution is 7.85. The maximum atomic E-state index is 12.7. The van der Waals surface area contributed by atoms with Gasteiger partial charge in [-0.3, -0.25) is 14.0 Å². The average molecular weight is 771 g/mol. The highest BCUT2D eigenvalue weighted by Gasteiger charge is 2.44. The van der Waals surface area contributed by atoms with Crippen molar-refractivity contribution in [3.8, 4) is 0 Å². The van der Waals surface area contributed by atoms with Gasteiger partial charge in [0, 0.05) is 84.6 Å². The predicted octanol–water partition coefficient (Wildman–Crippen LogP) is 7.87. The Morgan fingerprint density at radius 2 is 1.75 bits per heavy atom. The Bertz CT molecular complexity index is 2130. The van der Waals surface area contributed by atoms with Crippen molar-refractivity contribution in [3.63, 3.8) is 0 Å². The molecule has 294 valence electrons. The van der Waals surface area contributed by atoms with Gasteiger partial charge in [0.2, 0.25) is 5.69 Å². The molecule has 0 saturated carbocycles. The molecule has 2 aromatic carbocycles. The molecule has 3 aromatic rings. The Morgan fingerprint density at radius 3 is 2.49 bits per heavy atom. The molecule has 5 rings (SSSR count). The van der Waals surface area contributed by atoms with E-state index in [1.807, 2.05) is 17.9 Å². The van der Waals surface area contributed by atoms with E-state index in [1.165, 1.54) is 28.6 Å². The van der Waals surface area contributed by atoms with Gasteiger partial charge in [0.05, 0.1) is 16.0 Å². The monoisotopic (exact) mass is 770 g/mol. The number of hydrogen-bond donors (Lipinski definition) is 2. The topological polar surface area (TPSA) is 169 Å². The van der Waals surface area contributed by atoms with Crippen LogP contribution < -0.4 is 10.2 Å². The summed E-state index contributed by atoms with van der Waals surface area (Å²) in [6.45, 7) is 14.2. The van der Waals surface area contributed by atoms with Crippen LogP contribution in [0.2, 0.25) is 0 Å². The zero-order valence-electron chi connectivity index (χ0n) is 33.1. The van der Waals surface area contributed by atoms with Crippen molar-refractivity contribution in [2.24, 2.45) is 5.11 Å². The lowest BCUT2D eigenvalue weighted by Crippen LogP contribution is -2.27. The first kappa shape index (κ1) is 41.5. The molecular formula is C41H56N9O4S+. The summed E-state index contributed by atoms with van der Waals surface area (Å²) in [6, 6.07) is 11.5. The third kappa shape index (κ3) is 9.98. The number of carbonyl (C=O) groups is 1. The van der Waals surface area contributed by atoms with Crippen molar-refractivity contribution in [2.75, 3.05) is 31.6 Å². The van der Waals surface area contributed by atoms with Crippen molar-refractivity contribution in [3.05, 3.63) is 99.3 Å². The molecule has 0 saturated heterocycles. The molecule has 0 atom stereocenters. The summed E-state index contributed by atoms with van der Waals surface area (Å²) in [4.78, 5) is 17.8. The van der Waals surface area contributed by atoms with E-state index in [9.17, 15) is 17.8 Å². The van der Waals surface area contributed by atoms with Gasteiger partial charge in [-0.2, -0.15) is 13.0 Å². The van der Waals surface area contributed by atoms with E-state index < -0.39 is 15.5 Å². The molecule has 0 fully saturated rings. The number of azide groups is 1. The number of carbonyl (C=O) groups excluding carboxylic acids is 1. The SMILES string of the molecule is Cc1ccc2c(c1)C(C)(C)C(=CC=CC1=[N+](C)c3ccc(S(=O)(=O)O)cc3C1(C)C)N2CCCCCC(=O)CCCCn1cc(CNCCCN=[N+]=[N-])nn1. The van der Waals surface area contributed by atoms with Crippen LogP contribution in [0, 0.1) is 6.92 Å². The van der Waals surface area contributed by atoms with E-state index in [0.717, 1.165) is 80.8 Å². The fourth-order valence-electron chi connectivity index (χ4n) is 7.79. The standard InChI is InChI=1S/C41H55N9O4S/c1-30-18-20-37-34(26-30)41(4,5)39(17-12-16-38-40(2,3)35-27-33(55(52,53)54)19-21-36(35)48(38)6)50(37)25-10-7-8-14-32(51)15-9-11-24-49-29-31(45-47-49)28-43-22-13-23-44-46-42/h12,16-21,26-27,29,43H,7-11,13-15,22-25,28H2,1-6H3/p+1. The molecule has 3 heterocycles. The lowest BCUT2D eigenvalue weighted by molar-refractivity contribution is -0.401. The highest BCUT2D eigenvalue weighted by atomic mass is 32.2. The second-order valence-corrected chi connectivity index (χ2v) is 17.1. The van der Waals surface area contributed by atoms with Gasteiger partial charge in [0.1, 0.15) is 12.8 Å². The van der Waals surface area contributed by atoms with Crippen molar-refractivity contribution < 1.29 is 22.3 Å². The number of nitrogens with one attached hydrogen (secondary N) is 1. The normalized spacial score (nSPS) is 16.6. The Kier molecular flexibility index (Phi) is 13.5. The number of aromatic nitrogens is 3. The lowest BCUT2D eigenvalue weighted by Gasteiger charge is -2.27. The number of benzene rings is 2. The van der Waals surface area contributed by atoms with E-state index >= 15 is 0 Å². The number of fused-ring (bicyclic) bond motifs is 2.